The Balaban J connectivity index is 2.60. The van der Waals surface area contributed by atoms with Crippen molar-refractivity contribution in [2.24, 2.45) is 0 Å². The highest BCUT2D eigenvalue weighted by Crippen LogP contribution is 2.63. The number of halogens is 2. The van der Waals surface area contributed by atoms with Crippen LogP contribution in [-0.4, -0.2) is 0 Å². The zero-order valence-corrected chi connectivity index (χ0v) is 24.6. The summed E-state index contributed by atoms with van der Waals surface area (Å²) in [7, 11) is 0. The minimum Gasteiger partial charge on any atom is -0.294 e. The Labute approximate surface area is 209 Å². The summed E-state index contributed by atoms with van der Waals surface area (Å²) in [4.78, 5) is 0. The van der Waals surface area contributed by atoms with Gasteiger partial charge in [0.1, 0.15) is 0 Å². The molecule has 0 heterocycles. The lowest BCUT2D eigenvalue weighted by Crippen LogP contribution is -2.17. The van der Waals surface area contributed by atoms with Crippen molar-refractivity contribution in [3.8, 4) is 22.3 Å². The predicted octanol–water partition coefficient (Wildman–Crippen LogP) is 9.78. The summed E-state index contributed by atoms with van der Waals surface area (Å²) >= 11 is 7.11. The van der Waals surface area contributed by atoms with E-state index >= 15 is 0 Å². The van der Waals surface area contributed by atoms with Gasteiger partial charge in [0.25, 0.3) is 0 Å². The molecule has 1 nitrogen and oxygen atoms in total. The lowest BCUT2D eigenvalue weighted by Gasteiger charge is -2.27. The molecule has 0 saturated heterocycles. The fraction of sp³-hybridized carbons (Fsp3) is 0.357. The molecule has 0 radical (unpaired) electrons. The molecule has 3 rings (SSSR count). The zero-order chi connectivity index (χ0) is 24.2. The molecule has 0 atom stereocenters. The lowest BCUT2D eigenvalue weighted by atomic mass is 9.81. The van der Waals surface area contributed by atoms with Gasteiger partial charge in [0.05, 0.1) is 0 Å². The molecule has 32 heavy (non-hydrogen) atoms. The Kier molecular flexibility index (Phi) is 7.08. The van der Waals surface area contributed by atoms with Gasteiger partial charge in [-0.25, -0.2) is 0 Å². The largest absolute Gasteiger partial charge is 0.294 e. The van der Waals surface area contributed by atoms with Crippen LogP contribution in [0.15, 0.2) is 36.4 Å². The van der Waals surface area contributed by atoms with Gasteiger partial charge >= 0.3 is 0 Å². The monoisotopic (exact) mass is 574 g/mol. The third-order valence-corrected chi connectivity index (χ3v) is 9.26. The molecule has 170 valence electrons. The van der Waals surface area contributed by atoms with Crippen molar-refractivity contribution in [2.75, 3.05) is 0 Å². The van der Waals surface area contributed by atoms with Crippen LogP contribution in [0.3, 0.4) is 0 Å². The van der Waals surface area contributed by atoms with Gasteiger partial charge in [-0.2, -0.15) is 0 Å². The molecule has 0 aliphatic rings. The van der Waals surface area contributed by atoms with Crippen LogP contribution in [0, 0.1) is 41.5 Å². The van der Waals surface area contributed by atoms with Crippen molar-refractivity contribution in [3.63, 3.8) is 0 Å². The van der Waals surface area contributed by atoms with Crippen molar-refractivity contribution in [3.05, 3.63) is 75.3 Å². The van der Waals surface area contributed by atoms with Gasteiger partial charge in [0.15, 0.2) is 0 Å². The fourth-order valence-electron chi connectivity index (χ4n) is 4.94. The quantitative estimate of drug-likeness (QED) is 0.284. The molecule has 0 unspecified atom stereocenters. The third-order valence-electron chi connectivity index (χ3n) is 6.13. The van der Waals surface area contributed by atoms with E-state index in [0.717, 1.165) is 16.4 Å². The van der Waals surface area contributed by atoms with Crippen LogP contribution in [0.25, 0.3) is 22.3 Å². The molecular formula is C28H33Br2OP. The van der Waals surface area contributed by atoms with Crippen LogP contribution in [0.1, 0.15) is 59.7 Å². The Morgan fingerprint density at radius 2 is 0.938 bits per heavy atom. The van der Waals surface area contributed by atoms with Crippen molar-refractivity contribution < 1.29 is 4.57 Å². The first-order chi connectivity index (χ1) is 14.6. The van der Waals surface area contributed by atoms with Gasteiger partial charge in [-0.05, 0) is 140 Å². The molecule has 3 aromatic rings. The molecule has 0 N–H and O–H groups in total. The van der Waals surface area contributed by atoms with Crippen molar-refractivity contribution >= 4 is 40.8 Å². The van der Waals surface area contributed by atoms with Crippen molar-refractivity contribution in [1.82, 2.24) is 0 Å². The number of benzene rings is 3. The maximum absolute atomic E-state index is 13.8. The fourth-order valence-corrected chi connectivity index (χ4v) is 8.14. The molecule has 0 aliphatic heterocycles. The normalized spacial score (nSPS) is 12.3. The number of rotatable bonds is 3. The summed E-state index contributed by atoms with van der Waals surface area (Å²) < 4.78 is 10.8. The van der Waals surface area contributed by atoms with E-state index in [-0.39, 0.29) is 5.41 Å². The van der Waals surface area contributed by atoms with Gasteiger partial charge in [0.2, 0.25) is 4.55 Å². The average Bonchev–Trinajstić information content (AvgIpc) is 2.57. The molecule has 0 saturated carbocycles. The van der Waals surface area contributed by atoms with E-state index in [4.69, 9.17) is 0 Å². The molecular weight excluding hydrogens is 543 g/mol. The van der Waals surface area contributed by atoms with E-state index in [0.29, 0.717) is 0 Å². The van der Waals surface area contributed by atoms with Gasteiger partial charge in [-0.3, -0.25) is 4.57 Å². The van der Waals surface area contributed by atoms with Gasteiger partial charge in [-0.15, -0.1) is 0 Å². The summed E-state index contributed by atoms with van der Waals surface area (Å²) in [5.41, 5.74) is 12.9. The van der Waals surface area contributed by atoms with Crippen molar-refractivity contribution in [2.45, 2.75) is 67.7 Å². The van der Waals surface area contributed by atoms with Crippen LogP contribution in [0.2, 0.25) is 0 Å². The molecule has 0 amide bonds. The van der Waals surface area contributed by atoms with Crippen LogP contribution in [0.5, 0.6) is 0 Å². The summed E-state index contributed by atoms with van der Waals surface area (Å²) in [6, 6.07) is 13.3. The summed E-state index contributed by atoms with van der Waals surface area (Å²) in [5, 5.41) is 0.843. The van der Waals surface area contributed by atoms with Crippen molar-refractivity contribution in [1.29, 1.82) is 0 Å². The summed E-state index contributed by atoms with van der Waals surface area (Å²) in [6.07, 6.45) is 0. The highest BCUT2D eigenvalue weighted by atomic mass is 79.9. The minimum atomic E-state index is -2.97. The number of hydrogen-bond acceptors (Lipinski definition) is 1. The second-order valence-corrected chi connectivity index (χ2v) is 20.4. The van der Waals surface area contributed by atoms with Gasteiger partial charge in [-0.1, -0.05) is 56.2 Å². The standard InChI is InChI=1S/C28H33Br2OP/c1-16-10-18(3)25(19(4)11-16)23-14-22(28(7,8)9)15-24(27(23)32(29,30)31)26-20(5)12-17(2)13-21(26)6/h10-15H,1-9H3. The Hall–Kier alpha value is -1.15. The van der Waals surface area contributed by atoms with Crippen LogP contribution < -0.4 is 5.30 Å². The second kappa shape index (κ2) is 8.90. The highest BCUT2D eigenvalue weighted by Gasteiger charge is 2.31. The summed E-state index contributed by atoms with van der Waals surface area (Å²) in [6.45, 7) is 19.6. The van der Waals surface area contributed by atoms with Gasteiger partial charge in [0, 0.05) is 5.30 Å². The molecule has 4 heteroatoms. The molecule has 3 aromatic carbocycles. The Bertz CT molecular complexity index is 1130. The first-order valence-corrected chi connectivity index (χ1v) is 16.7. The average molecular weight is 576 g/mol. The van der Waals surface area contributed by atoms with Crippen LogP contribution in [-0.2, 0) is 9.98 Å². The van der Waals surface area contributed by atoms with Crippen LogP contribution in [0.4, 0.5) is 0 Å². The first kappa shape index (κ1) is 25.5. The number of aryl methyl sites for hydroxylation is 6. The second-order valence-electron chi connectivity index (χ2n) is 10.2. The van der Waals surface area contributed by atoms with Crippen LogP contribution >= 0.6 is 35.5 Å². The molecule has 0 aromatic heterocycles. The molecule has 0 fully saturated rings. The highest BCUT2D eigenvalue weighted by molar-refractivity contribution is 9.71. The zero-order valence-electron chi connectivity index (χ0n) is 20.6. The SMILES string of the molecule is Cc1cc(C)c(-c2cc(C(C)(C)C)cc(-c3c(C)cc(C)cc3C)c2P(=O)(Br)Br)c(C)c1. The van der Waals surface area contributed by atoms with E-state index in [9.17, 15) is 4.57 Å². The topological polar surface area (TPSA) is 17.1 Å². The van der Waals surface area contributed by atoms with E-state index < -0.39 is 4.55 Å². The maximum Gasteiger partial charge on any atom is 0.237 e. The van der Waals surface area contributed by atoms with E-state index in [1.165, 1.54) is 50.1 Å². The molecule has 0 bridgehead atoms. The third kappa shape index (κ3) is 5.01. The Morgan fingerprint density at radius 3 is 1.19 bits per heavy atom. The van der Waals surface area contributed by atoms with E-state index in [2.05, 4.69) is 130 Å². The smallest absolute Gasteiger partial charge is 0.237 e. The molecule has 0 spiro atoms. The maximum atomic E-state index is 13.8. The minimum absolute atomic E-state index is 0.0519. The lowest BCUT2D eigenvalue weighted by molar-refractivity contribution is 0.590. The van der Waals surface area contributed by atoms with E-state index in [1.54, 1.807) is 0 Å². The van der Waals surface area contributed by atoms with Gasteiger partial charge < -0.3 is 0 Å². The first-order valence-electron chi connectivity index (χ1n) is 11.0. The number of hydrogen-bond donors (Lipinski definition) is 0. The summed E-state index contributed by atoms with van der Waals surface area (Å²) in [5.74, 6) is 0. The molecule has 0 aliphatic carbocycles. The predicted molar refractivity (Wildman–Crippen MR) is 150 cm³/mol. The Morgan fingerprint density at radius 1 is 0.625 bits per heavy atom. The van der Waals surface area contributed by atoms with E-state index in [1.807, 2.05) is 0 Å².